The summed E-state index contributed by atoms with van der Waals surface area (Å²) in [5.41, 5.74) is 0. The molecule has 3 nitrogen and oxygen atoms in total. The Morgan fingerprint density at radius 3 is 2.33 bits per heavy atom. The lowest BCUT2D eigenvalue weighted by molar-refractivity contribution is -0.870. The van der Waals surface area contributed by atoms with Gasteiger partial charge in [0.1, 0.15) is 13.2 Å². The summed E-state index contributed by atoms with van der Waals surface area (Å²) in [6.45, 7) is 4.57. The molecule has 0 rings (SSSR count). The molecule has 0 bridgehead atoms. The van der Waals surface area contributed by atoms with E-state index in [0.717, 1.165) is 11.0 Å². The quantitative estimate of drug-likeness (QED) is 0.273. The number of nitrogens with zero attached hydrogens (tertiary/aromatic N) is 1. The summed E-state index contributed by atoms with van der Waals surface area (Å²) in [5.74, 6) is -0.349. The number of likely N-dealkylation sites (N-methyl/N-ethyl adjacent to an activating group) is 1. The largest absolute Gasteiger partial charge is 0.457 e. The average Bonchev–Trinajstić information content (AvgIpc) is 1.85. The SMILES string of the molecule is C=CC(=O)OCC[N+](C)(C)C.[CH3-]. The molecule has 0 saturated heterocycles. The highest BCUT2D eigenvalue weighted by Crippen LogP contribution is 1.89. The topological polar surface area (TPSA) is 26.3 Å². The fraction of sp³-hybridized carbons (Fsp3) is 0.556. The number of esters is 1. The summed E-state index contributed by atoms with van der Waals surface area (Å²) in [7, 11) is 6.13. The molecule has 0 fully saturated rings. The van der Waals surface area contributed by atoms with Crippen molar-refractivity contribution < 1.29 is 14.0 Å². The van der Waals surface area contributed by atoms with Gasteiger partial charge >= 0.3 is 5.97 Å². The second-order valence-electron chi connectivity index (χ2n) is 3.39. The summed E-state index contributed by atoms with van der Waals surface area (Å²) in [6, 6.07) is 0. The van der Waals surface area contributed by atoms with Crippen LogP contribution in [0.3, 0.4) is 0 Å². The van der Waals surface area contributed by atoms with Crippen molar-refractivity contribution in [2.75, 3.05) is 34.3 Å². The van der Waals surface area contributed by atoms with E-state index in [1.54, 1.807) is 0 Å². The fourth-order valence-corrected chi connectivity index (χ4v) is 0.479. The molecule has 0 unspecified atom stereocenters. The summed E-state index contributed by atoms with van der Waals surface area (Å²) in [4.78, 5) is 10.6. The zero-order valence-electron chi connectivity index (χ0n) is 8.46. The summed E-state index contributed by atoms with van der Waals surface area (Å²) < 4.78 is 5.59. The van der Waals surface area contributed by atoms with Gasteiger partial charge in [-0.3, -0.25) is 0 Å². The summed E-state index contributed by atoms with van der Waals surface area (Å²) in [6.07, 6.45) is 1.18. The fourth-order valence-electron chi connectivity index (χ4n) is 0.479. The molecule has 0 spiro atoms. The molecule has 72 valence electrons. The van der Waals surface area contributed by atoms with Crippen molar-refractivity contribution in [1.29, 1.82) is 0 Å². The van der Waals surface area contributed by atoms with Crippen LogP contribution in [0.5, 0.6) is 0 Å². The number of carbonyl (C=O) groups is 1. The lowest BCUT2D eigenvalue weighted by Gasteiger charge is -2.23. The van der Waals surface area contributed by atoms with E-state index in [9.17, 15) is 4.79 Å². The van der Waals surface area contributed by atoms with Crippen LogP contribution in [0.2, 0.25) is 0 Å². The highest BCUT2D eigenvalue weighted by atomic mass is 16.5. The number of carbonyl (C=O) groups excluding carboxylic acids is 1. The first kappa shape index (κ1) is 13.7. The van der Waals surface area contributed by atoms with Crippen molar-refractivity contribution in [2.45, 2.75) is 0 Å². The van der Waals surface area contributed by atoms with Crippen LogP contribution in [0.1, 0.15) is 0 Å². The van der Waals surface area contributed by atoms with Crippen LogP contribution in [0.15, 0.2) is 12.7 Å². The van der Waals surface area contributed by atoms with Crippen molar-refractivity contribution in [1.82, 2.24) is 0 Å². The third-order valence-electron chi connectivity index (χ3n) is 1.17. The second kappa shape index (κ2) is 5.77. The Hall–Kier alpha value is -0.830. The van der Waals surface area contributed by atoms with Crippen LogP contribution in [0.25, 0.3) is 0 Å². The first-order valence-electron chi connectivity index (χ1n) is 3.55. The maximum Gasteiger partial charge on any atom is 0.330 e. The number of quaternary nitrogens is 1. The highest BCUT2D eigenvalue weighted by Gasteiger charge is 2.06. The Bertz CT molecular complexity index is 147. The van der Waals surface area contributed by atoms with Gasteiger partial charge in [-0.1, -0.05) is 6.58 Å². The maximum absolute atomic E-state index is 10.6. The minimum Gasteiger partial charge on any atom is -0.457 e. The van der Waals surface area contributed by atoms with Crippen molar-refractivity contribution in [2.24, 2.45) is 0 Å². The molecule has 0 aromatic rings. The van der Waals surface area contributed by atoms with Gasteiger partial charge < -0.3 is 16.6 Å². The van der Waals surface area contributed by atoms with E-state index in [1.165, 1.54) is 6.08 Å². The number of rotatable bonds is 4. The smallest absolute Gasteiger partial charge is 0.330 e. The predicted molar refractivity (Wildman–Crippen MR) is 50.5 cm³/mol. The first-order chi connectivity index (χ1) is 4.95. The van der Waals surface area contributed by atoms with Crippen LogP contribution in [-0.4, -0.2) is 44.7 Å². The third-order valence-corrected chi connectivity index (χ3v) is 1.17. The maximum atomic E-state index is 10.6. The van der Waals surface area contributed by atoms with E-state index in [1.807, 2.05) is 21.1 Å². The standard InChI is InChI=1S/C8H16NO2.CH3/c1-5-8(10)11-7-6-9(2,3)4;/h5H,1,6-7H2,2-4H3;1H3/q+1;-1. The highest BCUT2D eigenvalue weighted by molar-refractivity contribution is 5.81. The molecule has 0 aliphatic heterocycles. The van der Waals surface area contributed by atoms with Crippen molar-refractivity contribution in [3.05, 3.63) is 20.1 Å². The van der Waals surface area contributed by atoms with Crippen LogP contribution < -0.4 is 0 Å². The van der Waals surface area contributed by atoms with E-state index in [4.69, 9.17) is 4.74 Å². The van der Waals surface area contributed by atoms with Crippen LogP contribution >= 0.6 is 0 Å². The number of ether oxygens (including phenoxy) is 1. The molecule has 0 aromatic carbocycles. The Kier molecular flexibility index (Phi) is 6.61. The lowest BCUT2D eigenvalue weighted by atomic mass is 10.5. The molecule has 0 aliphatic rings. The molecule has 0 atom stereocenters. The van der Waals surface area contributed by atoms with E-state index < -0.39 is 0 Å². The van der Waals surface area contributed by atoms with E-state index in [0.29, 0.717) is 6.61 Å². The van der Waals surface area contributed by atoms with Gasteiger partial charge in [-0.05, 0) is 0 Å². The van der Waals surface area contributed by atoms with Gasteiger partial charge in [0.2, 0.25) is 0 Å². The first-order valence-corrected chi connectivity index (χ1v) is 3.55. The number of hydrogen-bond donors (Lipinski definition) is 0. The van der Waals surface area contributed by atoms with Crippen LogP contribution in [0, 0.1) is 7.43 Å². The molecule has 0 aromatic heterocycles. The Balaban J connectivity index is 0. The molecule has 0 amide bonds. The van der Waals surface area contributed by atoms with Crippen molar-refractivity contribution in [3.63, 3.8) is 0 Å². The Morgan fingerprint density at radius 2 is 2.00 bits per heavy atom. The molecule has 3 heteroatoms. The Labute approximate surface area is 75.2 Å². The molecule has 0 saturated carbocycles. The average molecular weight is 173 g/mol. The zero-order valence-corrected chi connectivity index (χ0v) is 8.46. The van der Waals surface area contributed by atoms with Gasteiger partial charge in [0.25, 0.3) is 0 Å². The predicted octanol–water partition coefficient (Wildman–Crippen LogP) is 0.872. The summed E-state index contributed by atoms with van der Waals surface area (Å²) in [5, 5.41) is 0. The zero-order chi connectivity index (χ0) is 8.91. The van der Waals surface area contributed by atoms with Gasteiger partial charge in [-0.25, -0.2) is 4.79 Å². The number of hydrogen-bond acceptors (Lipinski definition) is 2. The Morgan fingerprint density at radius 1 is 1.50 bits per heavy atom. The molecule has 0 heterocycles. The monoisotopic (exact) mass is 173 g/mol. The molecular weight excluding hydrogens is 154 g/mol. The lowest BCUT2D eigenvalue weighted by Crippen LogP contribution is -2.37. The second-order valence-corrected chi connectivity index (χ2v) is 3.39. The van der Waals surface area contributed by atoms with Gasteiger partial charge in [0.15, 0.2) is 0 Å². The molecule has 0 aliphatic carbocycles. The van der Waals surface area contributed by atoms with E-state index in [2.05, 4.69) is 6.58 Å². The molecular formula is C9H19NO2. The van der Waals surface area contributed by atoms with Crippen molar-refractivity contribution in [3.8, 4) is 0 Å². The molecule has 12 heavy (non-hydrogen) atoms. The molecule has 0 radical (unpaired) electrons. The molecule has 0 N–H and O–H groups in total. The van der Waals surface area contributed by atoms with Gasteiger partial charge in [-0.2, -0.15) is 0 Å². The minimum atomic E-state index is -0.349. The van der Waals surface area contributed by atoms with Gasteiger partial charge in [0, 0.05) is 6.08 Å². The van der Waals surface area contributed by atoms with E-state index >= 15 is 0 Å². The van der Waals surface area contributed by atoms with Gasteiger partial charge in [0.05, 0.1) is 21.1 Å². The summed E-state index contributed by atoms with van der Waals surface area (Å²) >= 11 is 0. The minimum absolute atomic E-state index is 0. The van der Waals surface area contributed by atoms with Crippen LogP contribution in [-0.2, 0) is 9.53 Å². The third kappa shape index (κ3) is 9.17. The van der Waals surface area contributed by atoms with Crippen LogP contribution in [0.4, 0.5) is 0 Å². The normalized spacial score (nSPS) is 9.92. The van der Waals surface area contributed by atoms with E-state index in [-0.39, 0.29) is 13.4 Å². The van der Waals surface area contributed by atoms with Gasteiger partial charge in [-0.15, -0.1) is 0 Å². The van der Waals surface area contributed by atoms with Crippen molar-refractivity contribution >= 4 is 5.97 Å².